The Bertz CT molecular complexity index is 261. The average molecular weight is 225 g/mol. The van der Waals surface area contributed by atoms with Gasteiger partial charge in [0.25, 0.3) is 0 Å². The van der Waals surface area contributed by atoms with E-state index in [1.54, 1.807) is 0 Å². The van der Waals surface area contributed by atoms with Gasteiger partial charge in [-0.2, -0.15) is 0 Å². The minimum Gasteiger partial charge on any atom is -0.481 e. The largest absolute Gasteiger partial charge is 0.481 e. The molecule has 2 rings (SSSR count). The van der Waals surface area contributed by atoms with Gasteiger partial charge in [-0.25, -0.2) is 0 Å². The minimum absolute atomic E-state index is 0.149. The second-order valence-corrected chi connectivity index (χ2v) is 5.66. The van der Waals surface area contributed by atoms with Crippen molar-refractivity contribution in [3.8, 4) is 0 Å². The van der Waals surface area contributed by atoms with Crippen LogP contribution in [0.2, 0.25) is 0 Å². The van der Waals surface area contributed by atoms with Gasteiger partial charge in [-0.1, -0.05) is 19.8 Å². The molecular weight excluding hydrogens is 202 g/mol. The van der Waals surface area contributed by atoms with Crippen molar-refractivity contribution < 1.29 is 9.90 Å². The van der Waals surface area contributed by atoms with E-state index in [0.717, 1.165) is 19.0 Å². The highest BCUT2D eigenvalue weighted by atomic mass is 16.4. The summed E-state index contributed by atoms with van der Waals surface area (Å²) in [5.74, 6) is 0.346. The SMILES string of the molecule is CC1CN(C(C)C2CCCC2)CC1C(=O)O. The lowest BCUT2D eigenvalue weighted by Gasteiger charge is -2.29. The van der Waals surface area contributed by atoms with Gasteiger partial charge >= 0.3 is 5.97 Å². The molecule has 2 aliphatic rings. The lowest BCUT2D eigenvalue weighted by molar-refractivity contribution is -0.142. The molecule has 1 saturated carbocycles. The van der Waals surface area contributed by atoms with Crippen molar-refractivity contribution in [1.82, 2.24) is 4.90 Å². The summed E-state index contributed by atoms with van der Waals surface area (Å²) in [6.45, 7) is 6.08. The molecule has 0 aromatic rings. The molecule has 1 aliphatic carbocycles. The summed E-state index contributed by atoms with van der Waals surface area (Å²) in [6.07, 6.45) is 5.40. The van der Waals surface area contributed by atoms with Crippen LogP contribution in [0.4, 0.5) is 0 Å². The minimum atomic E-state index is -0.617. The molecule has 1 heterocycles. The van der Waals surface area contributed by atoms with Crippen molar-refractivity contribution in [2.75, 3.05) is 13.1 Å². The Hall–Kier alpha value is -0.570. The number of hydrogen-bond donors (Lipinski definition) is 1. The summed E-state index contributed by atoms with van der Waals surface area (Å²) >= 11 is 0. The maximum atomic E-state index is 11.1. The Morgan fingerprint density at radius 1 is 1.31 bits per heavy atom. The zero-order valence-electron chi connectivity index (χ0n) is 10.4. The third-order valence-corrected chi connectivity index (χ3v) is 4.62. The molecule has 0 bridgehead atoms. The number of nitrogens with zero attached hydrogens (tertiary/aromatic N) is 1. The van der Waals surface area contributed by atoms with E-state index in [-0.39, 0.29) is 5.92 Å². The molecule has 16 heavy (non-hydrogen) atoms. The number of hydrogen-bond acceptors (Lipinski definition) is 2. The van der Waals surface area contributed by atoms with Crippen molar-refractivity contribution in [3.63, 3.8) is 0 Å². The second kappa shape index (κ2) is 4.74. The standard InChI is InChI=1S/C13H23NO2/c1-9-7-14(8-12(9)13(15)16)10(2)11-5-3-4-6-11/h9-12H,3-8H2,1-2H3,(H,15,16). The fourth-order valence-corrected chi connectivity index (χ4v) is 3.40. The maximum absolute atomic E-state index is 11.1. The van der Waals surface area contributed by atoms with E-state index >= 15 is 0 Å². The summed E-state index contributed by atoms with van der Waals surface area (Å²) in [5.41, 5.74) is 0. The van der Waals surface area contributed by atoms with Gasteiger partial charge in [0, 0.05) is 19.1 Å². The third-order valence-electron chi connectivity index (χ3n) is 4.62. The van der Waals surface area contributed by atoms with Crippen LogP contribution in [0.1, 0.15) is 39.5 Å². The highest BCUT2D eigenvalue weighted by Crippen LogP contribution is 2.34. The molecule has 3 atom stereocenters. The first-order valence-electron chi connectivity index (χ1n) is 6.56. The van der Waals surface area contributed by atoms with E-state index in [9.17, 15) is 4.79 Å². The zero-order valence-corrected chi connectivity index (χ0v) is 10.4. The number of likely N-dealkylation sites (tertiary alicyclic amines) is 1. The van der Waals surface area contributed by atoms with Gasteiger partial charge in [-0.15, -0.1) is 0 Å². The normalized spacial score (nSPS) is 34.4. The van der Waals surface area contributed by atoms with Gasteiger partial charge in [0.2, 0.25) is 0 Å². The predicted molar refractivity (Wildman–Crippen MR) is 63.3 cm³/mol. The molecule has 3 nitrogen and oxygen atoms in total. The molecule has 0 aromatic carbocycles. The van der Waals surface area contributed by atoms with E-state index in [2.05, 4.69) is 18.7 Å². The molecular formula is C13H23NO2. The van der Waals surface area contributed by atoms with Gasteiger partial charge in [0.1, 0.15) is 0 Å². The van der Waals surface area contributed by atoms with Crippen LogP contribution < -0.4 is 0 Å². The summed E-state index contributed by atoms with van der Waals surface area (Å²) in [6, 6.07) is 0.578. The van der Waals surface area contributed by atoms with Crippen LogP contribution in [-0.4, -0.2) is 35.1 Å². The fourth-order valence-electron chi connectivity index (χ4n) is 3.40. The van der Waals surface area contributed by atoms with Gasteiger partial charge < -0.3 is 5.11 Å². The topological polar surface area (TPSA) is 40.5 Å². The Morgan fingerprint density at radius 3 is 2.44 bits per heavy atom. The van der Waals surface area contributed by atoms with Crippen molar-refractivity contribution in [3.05, 3.63) is 0 Å². The van der Waals surface area contributed by atoms with E-state index in [1.807, 2.05) is 0 Å². The number of carboxylic acids is 1. The van der Waals surface area contributed by atoms with E-state index in [4.69, 9.17) is 5.11 Å². The Labute approximate surface area is 97.8 Å². The number of aliphatic carboxylic acids is 1. The molecule has 0 radical (unpaired) electrons. The van der Waals surface area contributed by atoms with Crippen LogP contribution in [0.25, 0.3) is 0 Å². The van der Waals surface area contributed by atoms with E-state index in [1.165, 1.54) is 25.7 Å². The first kappa shape index (κ1) is 11.9. The van der Waals surface area contributed by atoms with E-state index in [0.29, 0.717) is 12.0 Å². The molecule has 0 spiro atoms. The molecule has 3 unspecified atom stereocenters. The quantitative estimate of drug-likeness (QED) is 0.800. The third kappa shape index (κ3) is 2.24. The molecule has 1 saturated heterocycles. The van der Waals surface area contributed by atoms with Crippen molar-refractivity contribution >= 4 is 5.97 Å². The molecule has 0 amide bonds. The second-order valence-electron chi connectivity index (χ2n) is 5.66. The Kier molecular flexibility index (Phi) is 3.53. The van der Waals surface area contributed by atoms with Gasteiger partial charge in [-0.05, 0) is 31.6 Å². The summed E-state index contributed by atoms with van der Waals surface area (Å²) in [5, 5.41) is 9.12. The van der Waals surface area contributed by atoms with E-state index < -0.39 is 5.97 Å². The Morgan fingerprint density at radius 2 is 1.94 bits per heavy atom. The summed E-state index contributed by atoms with van der Waals surface area (Å²) < 4.78 is 0. The lowest BCUT2D eigenvalue weighted by atomic mass is 9.98. The molecule has 92 valence electrons. The smallest absolute Gasteiger partial charge is 0.308 e. The van der Waals surface area contributed by atoms with Gasteiger partial charge in [0.15, 0.2) is 0 Å². The first-order valence-corrected chi connectivity index (χ1v) is 6.56. The van der Waals surface area contributed by atoms with Crippen LogP contribution in [0.15, 0.2) is 0 Å². The van der Waals surface area contributed by atoms with Crippen molar-refractivity contribution in [1.29, 1.82) is 0 Å². The predicted octanol–water partition coefficient (Wildman–Crippen LogP) is 2.22. The monoisotopic (exact) mass is 225 g/mol. The van der Waals surface area contributed by atoms with Crippen LogP contribution in [0, 0.1) is 17.8 Å². The maximum Gasteiger partial charge on any atom is 0.308 e. The highest BCUT2D eigenvalue weighted by molar-refractivity contribution is 5.71. The first-order chi connectivity index (χ1) is 7.59. The molecule has 2 fully saturated rings. The molecule has 1 N–H and O–H groups in total. The van der Waals surface area contributed by atoms with Crippen LogP contribution in [-0.2, 0) is 4.79 Å². The average Bonchev–Trinajstić information content (AvgIpc) is 2.84. The molecule has 0 aromatic heterocycles. The van der Waals surface area contributed by atoms with Gasteiger partial charge in [0.05, 0.1) is 5.92 Å². The molecule has 1 aliphatic heterocycles. The number of rotatable bonds is 3. The number of carboxylic acid groups (broad SMARTS) is 1. The summed E-state index contributed by atoms with van der Waals surface area (Å²) in [4.78, 5) is 13.5. The fraction of sp³-hybridized carbons (Fsp3) is 0.923. The number of carbonyl (C=O) groups is 1. The lowest BCUT2D eigenvalue weighted by Crippen LogP contribution is -2.36. The Balaban J connectivity index is 1.93. The van der Waals surface area contributed by atoms with Crippen molar-refractivity contribution in [2.24, 2.45) is 17.8 Å². The zero-order chi connectivity index (χ0) is 11.7. The molecule has 3 heteroatoms. The van der Waals surface area contributed by atoms with Crippen LogP contribution in [0.3, 0.4) is 0 Å². The van der Waals surface area contributed by atoms with Crippen LogP contribution >= 0.6 is 0 Å². The van der Waals surface area contributed by atoms with Crippen LogP contribution in [0.5, 0.6) is 0 Å². The summed E-state index contributed by atoms with van der Waals surface area (Å²) in [7, 11) is 0. The van der Waals surface area contributed by atoms with Crippen molar-refractivity contribution in [2.45, 2.75) is 45.6 Å². The highest BCUT2D eigenvalue weighted by Gasteiger charge is 2.38. The van der Waals surface area contributed by atoms with Gasteiger partial charge in [-0.3, -0.25) is 9.69 Å².